The maximum atomic E-state index is 13.3. The molecule has 11 heteroatoms. The Bertz CT molecular complexity index is 1730. The predicted molar refractivity (Wildman–Crippen MR) is 154 cm³/mol. The van der Waals surface area contributed by atoms with E-state index in [1.165, 1.54) is 39.9 Å². The smallest absolute Gasteiger partial charge is 0.264 e. The van der Waals surface area contributed by atoms with Gasteiger partial charge in [0.1, 0.15) is 17.1 Å². The average Bonchev–Trinajstić information content (AvgIpc) is 3.53. The number of rotatable bonds is 9. The number of hydrogen-bond donors (Lipinski definition) is 1. The molecule has 0 aliphatic carbocycles. The summed E-state index contributed by atoms with van der Waals surface area (Å²) in [7, 11) is -3.80. The van der Waals surface area contributed by atoms with Crippen molar-refractivity contribution >= 4 is 49.0 Å². The molecule has 5 rings (SSSR count). The Balaban J connectivity index is 1.39. The Morgan fingerprint density at radius 3 is 2.46 bits per heavy atom. The minimum absolute atomic E-state index is 0.102. The summed E-state index contributed by atoms with van der Waals surface area (Å²) in [6, 6.07) is 22.3. The zero-order valence-corrected chi connectivity index (χ0v) is 23.3. The molecule has 0 saturated carbocycles. The van der Waals surface area contributed by atoms with Crippen LogP contribution in [0.5, 0.6) is 5.75 Å². The number of aryl methyl sites for hydroxylation is 1. The second-order valence-corrected chi connectivity index (χ2v) is 11.5. The topological polar surface area (TPSA) is 106 Å². The molecule has 0 unspecified atom stereocenters. The van der Waals surface area contributed by atoms with Crippen molar-refractivity contribution < 1.29 is 17.9 Å². The van der Waals surface area contributed by atoms with Crippen LogP contribution in [0.15, 0.2) is 83.8 Å². The number of para-hydroxylation sites is 2. The maximum absolute atomic E-state index is 13.3. The molecular weight excluding hydrogens is 534 g/mol. The van der Waals surface area contributed by atoms with Crippen LogP contribution in [-0.4, -0.2) is 42.2 Å². The number of fused-ring (bicyclic) bond motifs is 1. The molecular formula is C28H27N5O4S2. The quantitative estimate of drug-likeness (QED) is 0.249. The predicted octanol–water partition coefficient (Wildman–Crippen LogP) is 5.66. The normalized spacial score (nSPS) is 11.5. The highest BCUT2D eigenvalue weighted by atomic mass is 32.2. The average molecular weight is 562 g/mol. The standard InChI is InChI=1S/C28H27N5O4S2/c1-4-32(21-10-7-6-8-11-21)39(35,36)22-16-14-20(15-17-22)27(34)29-25-18-19(3)31-33(25)28-30-26-23(37-5-2)12-9-13-24(26)38-28/h6-18H,4-5H2,1-3H3,(H,29,34). The van der Waals surface area contributed by atoms with Gasteiger partial charge in [0.2, 0.25) is 5.13 Å². The number of nitrogens with zero attached hydrogens (tertiary/aromatic N) is 4. The van der Waals surface area contributed by atoms with Crippen LogP contribution >= 0.6 is 11.3 Å². The lowest BCUT2D eigenvalue weighted by molar-refractivity contribution is 0.102. The molecule has 0 atom stereocenters. The van der Waals surface area contributed by atoms with Crippen molar-refractivity contribution in [3.63, 3.8) is 0 Å². The number of hydrogen-bond acceptors (Lipinski definition) is 7. The molecule has 0 aliphatic rings. The first-order chi connectivity index (χ1) is 18.8. The molecule has 0 aliphatic heterocycles. The summed E-state index contributed by atoms with van der Waals surface area (Å²) in [5.41, 5.74) is 2.33. The molecule has 0 fully saturated rings. The van der Waals surface area contributed by atoms with E-state index in [1.807, 2.05) is 38.1 Å². The first kappa shape index (κ1) is 26.4. The highest BCUT2D eigenvalue weighted by Gasteiger charge is 2.24. The summed E-state index contributed by atoms with van der Waals surface area (Å²) >= 11 is 1.44. The van der Waals surface area contributed by atoms with Gasteiger partial charge >= 0.3 is 0 Å². The number of ether oxygens (including phenoxy) is 1. The Morgan fingerprint density at radius 2 is 1.77 bits per heavy atom. The number of carbonyl (C=O) groups excluding carboxylic acids is 1. The van der Waals surface area contributed by atoms with E-state index >= 15 is 0 Å². The molecule has 5 aromatic rings. The highest BCUT2D eigenvalue weighted by Crippen LogP contribution is 2.33. The SMILES string of the molecule is CCOc1cccc2sc(-n3nc(C)cc3NC(=O)c3ccc(S(=O)(=O)N(CC)c4ccccc4)cc3)nc12. The van der Waals surface area contributed by atoms with Crippen molar-refractivity contribution in [3.8, 4) is 10.9 Å². The number of sulfonamides is 1. The fraction of sp³-hybridized carbons (Fsp3) is 0.179. The third kappa shape index (κ3) is 5.23. The summed E-state index contributed by atoms with van der Waals surface area (Å²) in [6.07, 6.45) is 0. The van der Waals surface area contributed by atoms with Gasteiger partial charge < -0.3 is 10.1 Å². The fourth-order valence-electron chi connectivity index (χ4n) is 4.19. The summed E-state index contributed by atoms with van der Waals surface area (Å²) in [4.78, 5) is 18.0. The van der Waals surface area contributed by atoms with E-state index < -0.39 is 15.9 Å². The maximum Gasteiger partial charge on any atom is 0.264 e. The minimum atomic E-state index is -3.80. The molecule has 2 aromatic heterocycles. The van der Waals surface area contributed by atoms with Gasteiger partial charge in [-0.2, -0.15) is 9.78 Å². The zero-order chi connectivity index (χ0) is 27.6. The third-order valence-electron chi connectivity index (χ3n) is 5.96. The van der Waals surface area contributed by atoms with Gasteiger partial charge in [0, 0.05) is 18.2 Å². The molecule has 0 spiro atoms. The van der Waals surface area contributed by atoms with E-state index in [1.54, 1.807) is 41.9 Å². The van der Waals surface area contributed by atoms with Crippen LogP contribution in [0.1, 0.15) is 29.9 Å². The first-order valence-corrected chi connectivity index (χ1v) is 14.7. The Hall–Kier alpha value is -4.22. The largest absolute Gasteiger partial charge is 0.492 e. The molecule has 0 saturated heterocycles. The van der Waals surface area contributed by atoms with Gasteiger partial charge in [0.15, 0.2) is 0 Å². The second kappa shape index (κ2) is 10.9. The van der Waals surface area contributed by atoms with Gasteiger partial charge in [-0.25, -0.2) is 13.4 Å². The van der Waals surface area contributed by atoms with Crippen LogP contribution in [0.25, 0.3) is 15.3 Å². The lowest BCUT2D eigenvalue weighted by Gasteiger charge is -2.23. The van der Waals surface area contributed by atoms with Crippen molar-refractivity contribution in [1.29, 1.82) is 0 Å². The van der Waals surface area contributed by atoms with Gasteiger partial charge in [0.25, 0.3) is 15.9 Å². The third-order valence-corrected chi connectivity index (χ3v) is 8.87. The van der Waals surface area contributed by atoms with Crippen molar-refractivity contribution in [2.75, 3.05) is 22.8 Å². The van der Waals surface area contributed by atoms with Crippen molar-refractivity contribution in [3.05, 3.63) is 90.1 Å². The van der Waals surface area contributed by atoms with E-state index in [2.05, 4.69) is 10.4 Å². The molecule has 200 valence electrons. The van der Waals surface area contributed by atoms with Crippen LogP contribution in [0.3, 0.4) is 0 Å². The van der Waals surface area contributed by atoms with E-state index in [0.717, 1.165) is 10.2 Å². The molecule has 3 aromatic carbocycles. The van der Waals surface area contributed by atoms with Gasteiger partial charge in [-0.1, -0.05) is 35.6 Å². The van der Waals surface area contributed by atoms with Crippen LogP contribution < -0.4 is 14.4 Å². The lowest BCUT2D eigenvalue weighted by Crippen LogP contribution is -2.30. The van der Waals surface area contributed by atoms with E-state index in [9.17, 15) is 13.2 Å². The summed E-state index contributed by atoms with van der Waals surface area (Å²) < 4.78 is 36.1. The highest BCUT2D eigenvalue weighted by molar-refractivity contribution is 7.92. The van der Waals surface area contributed by atoms with Gasteiger partial charge in [-0.3, -0.25) is 9.10 Å². The van der Waals surface area contributed by atoms with Crippen molar-refractivity contribution in [2.24, 2.45) is 0 Å². The van der Waals surface area contributed by atoms with Crippen LogP contribution in [0, 0.1) is 6.92 Å². The van der Waals surface area contributed by atoms with E-state index in [-0.39, 0.29) is 11.4 Å². The molecule has 1 N–H and O–H groups in total. The molecule has 0 radical (unpaired) electrons. The van der Waals surface area contributed by atoms with E-state index in [4.69, 9.17) is 9.72 Å². The fourth-order valence-corrected chi connectivity index (χ4v) is 6.61. The number of anilines is 2. The Morgan fingerprint density at radius 1 is 1.03 bits per heavy atom. The molecule has 1 amide bonds. The molecule has 39 heavy (non-hydrogen) atoms. The first-order valence-electron chi connectivity index (χ1n) is 12.4. The molecule has 9 nitrogen and oxygen atoms in total. The summed E-state index contributed by atoms with van der Waals surface area (Å²) in [6.45, 7) is 6.33. The van der Waals surface area contributed by atoms with Crippen LogP contribution in [0.2, 0.25) is 0 Å². The number of nitrogens with one attached hydrogen (secondary N) is 1. The van der Waals surface area contributed by atoms with Gasteiger partial charge in [0.05, 0.1) is 27.6 Å². The van der Waals surface area contributed by atoms with Crippen molar-refractivity contribution in [1.82, 2.24) is 14.8 Å². The summed E-state index contributed by atoms with van der Waals surface area (Å²) in [5, 5.41) is 8.00. The lowest BCUT2D eigenvalue weighted by atomic mass is 10.2. The Labute approximate surface area is 230 Å². The number of aromatic nitrogens is 3. The second-order valence-electron chi connectivity index (χ2n) is 8.60. The molecule has 0 bridgehead atoms. The van der Waals surface area contributed by atoms with E-state index in [0.29, 0.717) is 40.3 Å². The molecule has 2 heterocycles. The monoisotopic (exact) mass is 561 g/mol. The van der Waals surface area contributed by atoms with Crippen LogP contribution in [-0.2, 0) is 10.0 Å². The number of thiazole rings is 1. The van der Waals surface area contributed by atoms with Crippen LogP contribution in [0.4, 0.5) is 11.5 Å². The summed E-state index contributed by atoms with van der Waals surface area (Å²) in [5.74, 6) is 0.745. The van der Waals surface area contributed by atoms with Crippen molar-refractivity contribution in [2.45, 2.75) is 25.7 Å². The Kier molecular flexibility index (Phi) is 7.36. The number of amides is 1. The number of benzene rings is 3. The van der Waals surface area contributed by atoms with Gasteiger partial charge in [-0.15, -0.1) is 0 Å². The number of carbonyl (C=O) groups is 1. The minimum Gasteiger partial charge on any atom is -0.492 e. The zero-order valence-electron chi connectivity index (χ0n) is 21.7. The van der Waals surface area contributed by atoms with Gasteiger partial charge in [-0.05, 0) is 69.3 Å².